The van der Waals surface area contributed by atoms with Gasteiger partial charge < -0.3 is 4.90 Å². The molecule has 0 saturated carbocycles. The second-order valence-electron chi connectivity index (χ2n) is 3.59. The van der Waals surface area contributed by atoms with E-state index in [2.05, 4.69) is 22.0 Å². The van der Waals surface area contributed by atoms with Gasteiger partial charge in [0.1, 0.15) is 10.9 Å². The first kappa shape index (κ1) is 12.8. The quantitative estimate of drug-likeness (QED) is 0.847. The number of halogens is 1. The minimum absolute atomic E-state index is 0.125. The third kappa shape index (κ3) is 2.30. The third-order valence-corrected chi connectivity index (χ3v) is 4.33. The molecule has 0 saturated heterocycles. The van der Waals surface area contributed by atoms with E-state index in [9.17, 15) is 4.79 Å². The van der Waals surface area contributed by atoms with Crippen LogP contribution in [0.2, 0.25) is 0 Å². The molecule has 0 bridgehead atoms. The van der Waals surface area contributed by atoms with E-state index in [0.717, 1.165) is 4.47 Å². The predicted octanol–water partition coefficient (Wildman–Crippen LogP) is 3.66. The fourth-order valence-corrected chi connectivity index (χ4v) is 3.08. The molecule has 0 aliphatic heterocycles. The lowest BCUT2D eigenvalue weighted by molar-refractivity contribution is 0.0996. The van der Waals surface area contributed by atoms with E-state index in [1.807, 2.05) is 17.5 Å². The molecule has 2 rings (SSSR count). The van der Waals surface area contributed by atoms with Gasteiger partial charge in [-0.3, -0.25) is 4.79 Å². The van der Waals surface area contributed by atoms with E-state index in [4.69, 9.17) is 5.26 Å². The molecule has 1 heterocycles. The van der Waals surface area contributed by atoms with Crippen molar-refractivity contribution in [2.24, 2.45) is 0 Å². The largest absolute Gasteiger partial charge is 0.309 e. The Kier molecular flexibility index (Phi) is 3.80. The number of para-hydroxylation sites is 1. The fraction of sp³-hybridized carbons (Fsp3) is 0.0769. The first-order valence-corrected chi connectivity index (χ1v) is 6.82. The molecule has 3 nitrogen and oxygen atoms in total. The zero-order chi connectivity index (χ0) is 13.1. The molecule has 0 atom stereocenters. The van der Waals surface area contributed by atoms with Crippen molar-refractivity contribution in [2.75, 3.05) is 11.9 Å². The zero-order valence-electron chi connectivity index (χ0n) is 9.55. The van der Waals surface area contributed by atoms with Crippen LogP contribution in [0.5, 0.6) is 0 Å². The van der Waals surface area contributed by atoms with Crippen LogP contribution in [0, 0.1) is 11.3 Å². The molecular weight excluding hydrogens is 312 g/mol. The average molecular weight is 321 g/mol. The van der Waals surface area contributed by atoms with Crippen molar-refractivity contribution >= 4 is 38.9 Å². The molecule has 0 spiro atoms. The van der Waals surface area contributed by atoms with Gasteiger partial charge in [-0.2, -0.15) is 5.26 Å². The molecule has 0 radical (unpaired) electrons. The number of hydrogen-bond acceptors (Lipinski definition) is 3. The summed E-state index contributed by atoms with van der Waals surface area (Å²) in [5.41, 5.74) is 1.10. The highest BCUT2D eigenvalue weighted by molar-refractivity contribution is 9.10. The molecule has 1 aromatic heterocycles. The summed E-state index contributed by atoms with van der Waals surface area (Å²) in [6, 6.07) is 11.0. The summed E-state index contributed by atoms with van der Waals surface area (Å²) in [6.07, 6.45) is 0. The normalized spacial score (nSPS) is 9.83. The van der Waals surface area contributed by atoms with Crippen molar-refractivity contribution < 1.29 is 4.79 Å². The number of carbonyl (C=O) groups is 1. The summed E-state index contributed by atoms with van der Waals surface area (Å²) >= 11 is 4.71. The van der Waals surface area contributed by atoms with Gasteiger partial charge in [0.25, 0.3) is 5.91 Å². The summed E-state index contributed by atoms with van der Waals surface area (Å²) in [6.45, 7) is 0. The SMILES string of the molecule is CN(C(=O)c1sccc1Br)c1ccccc1C#N. The Bertz CT molecular complexity index is 630. The van der Waals surface area contributed by atoms with Crippen molar-refractivity contribution in [1.82, 2.24) is 0 Å². The van der Waals surface area contributed by atoms with Gasteiger partial charge >= 0.3 is 0 Å². The van der Waals surface area contributed by atoms with E-state index in [0.29, 0.717) is 16.1 Å². The molecule has 5 heteroatoms. The Hall–Kier alpha value is -1.64. The highest BCUT2D eigenvalue weighted by Crippen LogP contribution is 2.27. The highest BCUT2D eigenvalue weighted by atomic mass is 79.9. The van der Waals surface area contributed by atoms with E-state index >= 15 is 0 Å². The van der Waals surface area contributed by atoms with E-state index in [1.165, 1.54) is 16.2 Å². The Balaban J connectivity index is 2.38. The Morgan fingerprint density at radius 1 is 1.39 bits per heavy atom. The van der Waals surface area contributed by atoms with Crippen LogP contribution < -0.4 is 4.90 Å². The van der Waals surface area contributed by atoms with Crippen LogP contribution in [0.25, 0.3) is 0 Å². The Morgan fingerprint density at radius 2 is 2.11 bits per heavy atom. The summed E-state index contributed by atoms with van der Waals surface area (Å²) in [5, 5.41) is 10.9. The van der Waals surface area contributed by atoms with Crippen LogP contribution in [0.15, 0.2) is 40.2 Å². The van der Waals surface area contributed by atoms with Crippen molar-refractivity contribution in [3.8, 4) is 6.07 Å². The molecule has 0 aliphatic carbocycles. The monoisotopic (exact) mass is 320 g/mol. The summed E-state index contributed by atoms with van der Waals surface area (Å²) < 4.78 is 0.777. The molecule has 1 amide bonds. The van der Waals surface area contributed by atoms with Crippen molar-refractivity contribution in [1.29, 1.82) is 5.26 Å². The number of thiophene rings is 1. The van der Waals surface area contributed by atoms with E-state index in [1.54, 1.807) is 25.2 Å². The maximum absolute atomic E-state index is 12.3. The molecule has 0 unspecified atom stereocenters. The first-order chi connectivity index (χ1) is 8.65. The Labute approximate surface area is 117 Å². The maximum atomic E-state index is 12.3. The predicted molar refractivity (Wildman–Crippen MR) is 75.9 cm³/mol. The number of carbonyl (C=O) groups excluding carboxylic acids is 1. The van der Waals surface area contributed by atoms with Gasteiger partial charge in [0.05, 0.1) is 11.3 Å². The maximum Gasteiger partial charge on any atom is 0.269 e. The van der Waals surface area contributed by atoms with E-state index in [-0.39, 0.29) is 5.91 Å². The lowest BCUT2D eigenvalue weighted by Gasteiger charge is -2.17. The van der Waals surface area contributed by atoms with Gasteiger partial charge in [-0.05, 0) is 39.5 Å². The molecule has 1 aromatic carbocycles. The van der Waals surface area contributed by atoms with Crippen LogP contribution in [0.3, 0.4) is 0 Å². The second kappa shape index (κ2) is 5.34. The molecule has 2 aromatic rings. The van der Waals surface area contributed by atoms with Crippen molar-refractivity contribution in [2.45, 2.75) is 0 Å². The van der Waals surface area contributed by atoms with Gasteiger partial charge in [0, 0.05) is 11.5 Å². The molecule has 18 heavy (non-hydrogen) atoms. The van der Waals surface area contributed by atoms with Gasteiger partial charge in [-0.25, -0.2) is 0 Å². The summed E-state index contributed by atoms with van der Waals surface area (Å²) in [5.74, 6) is -0.125. The number of rotatable bonds is 2. The fourth-order valence-electron chi connectivity index (χ4n) is 1.57. The van der Waals surface area contributed by atoms with Crippen molar-refractivity contribution in [3.63, 3.8) is 0 Å². The molecule has 0 fully saturated rings. The van der Waals surface area contributed by atoms with Crippen LogP contribution >= 0.6 is 27.3 Å². The van der Waals surface area contributed by atoms with Crippen LogP contribution in [-0.2, 0) is 0 Å². The molecule has 90 valence electrons. The number of benzene rings is 1. The minimum Gasteiger partial charge on any atom is -0.309 e. The molecular formula is C13H9BrN2OS. The zero-order valence-corrected chi connectivity index (χ0v) is 12.0. The van der Waals surface area contributed by atoms with Crippen LogP contribution in [0.4, 0.5) is 5.69 Å². The van der Waals surface area contributed by atoms with Gasteiger partial charge in [-0.1, -0.05) is 12.1 Å². The van der Waals surface area contributed by atoms with Gasteiger partial charge in [0.15, 0.2) is 0 Å². The molecule has 0 N–H and O–H groups in total. The smallest absolute Gasteiger partial charge is 0.269 e. The van der Waals surface area contributed by atoms with Crippen LogP contribution in [0.1, 0.15) is 15.2 Å². The lowest BCUT2D eigenvalue weighted by atomic mass is 10.2. The minimum atomic E-state index is -0.125. The third-order valence-electron chi connectivity index (χ3n) is 2.50. The number of hydrogen-bond donors (Lipinski definition) is 0. The lowest BCUT2D eigenvalue weighted by Crippen LogP contribution is -2.26. The number of amides is 1. The number of nitriles is 1. The molecule has 0 aliphatic rings. The number of anilines is 1. The van der Waals surface area contributed by atoms with Crippen LogP contribution in [-0.4, -0.2) is 13.0 Å². The Morgan fingerprint density at radius 3 is 2.72 bits per heavy atom. The van der Waals surface area contributed by atoms with Crippen molar-refractivity contribution in [3.05, 3.63) is 50.6 Å². The average Bonchev–Trinajstić information content (AvgIpc) is 2.83. The number of nitrogens with zero attached hydrogens (tertiary/aromatic N) is 2. The topological polar surface area (TPSA) is 44.1 Å². The van der Waals surface area contributed by atoms with E-state index < -0.39 is 0 Å². The van der Waals surface area contributed by atoms with Gasteiger partial charge in [0.2, 0.25) is 0 Å². The van der Waals surface area contributed by atoms with Gasteiger partial charge in [-0.15, -0.1) is 11.3 Å². The standard InChI is InChI=1S/C13H9BrN2OS/c1-16(11-5-3-2-4-9(11)8-15)13(17)12-10(14)6-7-18-12/h2-7H,1H3. The highest BCUT2D eigenvalue weighted by Gasteiger charge is 2.19. The first-order valence-electron chi connectivity index (χ1n) is 5.15. The summed E-state index contributed by atoms with van der Waals surface area (Å²) in [4.78, 5) is 14.4. The second-order valence-corrected chi connectivity index (χ2v) is 5.36. The summed E-state index contributed by atoms with van der Waals surface area (Å²) in [7, 11) is 1.67.